The van der Waals surface area contributed by atoms with Crippen molar-refractivity contribution in [1.82, 2.24) is 18.8 Å². The predicted octanol–water partition coefficient (Wildman–Crippen LogP) is 2.68. The Morgan fingerprint density at radius 2 is 2.11 bits per heavy atom. The Morgan fingerprint density at radius 3 is 2.94 bits per heavy atom. The number of fused-ring (bicyclic) bond motifs is 1. The van der Waals surface area contributed by atoms with Gasteiger partial charge in [0.05, 0.1) is 24.1 Å². The van der Waals surface area contributed by atoms with Crippen LogP contribution in [0.1, 0.15) is 26.4 Å². The zero-order chi connectivity index (χ0) is 24.2. The second kappa shape index (κ2) is 10.8. The molecule has 12 heteroatoms. The molecule has 0 bridgehead atoms. The van der Waals surface area contributed by atoms with Gasteiger partial charge in [0.25, 0.3) is 11.8 Å². The Hall–Kier alpha value is -2.81. The van der Waals surface area contributed by atoms with Crippen LogP contribution in [0, 0.1) is 0 Å². The number of pyridine rings is 1. The van der Waals surface area contributed by atoms with Crippen LogP contribution in [0.4, 0.5) is 16.5 Å². The number of ether oxygens (including phenoxy) is 1. The van der Waals surface area contributed by atoms with Crippen molar-refractivity contribution in [3.05, 3.63) is 58.9 Å². The second-order valence-corrected chi connectivity index (χ2v) is 9.64. The van der Waals surface area contributed by atoms with Gasteiger partial charge in [-0.05, 0) is 29.8 Å². The van der Waals surface area contributed by atoms with Crippen LogP contribution in [-0.2, 0) is 6.54 Å². The summed E-state index contributed by atoms with van der Waals surface area (Å²) in [5.41, 5.74) is 3.35. The first kappa shape index (κ1) is 23.9. The molecule has 0 atom stereocenters. The summed E-state index contributed by atoms with van der Waals surface area (Å²) >= 11 is 3.34. The highest BCUT2D eigenvalue weighted by molar-refractivity contribution is 14.1. The molecule has 4 heterocycles. The number of halogens is 1. The van der Waals surface area contributed by atoms with E-state index in [1.54, 1.807) is 34.8 Å². The predicted molar refractivity (Wildman–Crippen MR) is 144 cm³/mol. The van der Waals surface area contributed by atoms with E-state index in [2.05, 4.69) is 51.9 Å². The first-order chi connectivity index (χ1) is 17.1. The van der Waals surface area contributed by atoms with Gasteiger partial charge in [0, 0.05) is 72.7 Å². The Bertz CT molecular complexity index is 1230. The number of hydrogen-bond acceptors (Lipinski definition) is 9. The van der Waals surface area contributed by atoms with Gasteiger partial charge in [0.1, 0.15) is 18.1 Å². The summed E-state index contributed by atoms with van der Waals surface area (Å²) in [6, 6.07) is 7.38. The number of anilines is 3. The minimum absolute atomic E-state index is 0.130. The molecule has 1 fully saturated rings. The molecule has 3 N–H and O–H groups in total. The minimum Gasteiger partial charge on any atom is -0.492 e. The lowest BCUT2D eigenvalue weighted by Gasteiger charge is -2.30. The summed E-state index contributed by atoms with van der Waals surface area (Å²) < 4.78 is 8.73. The van der Waals surface area contributed by atoms with Gasteiger partial charge in [0.2, 0.25) is 0 Å². The molecule has 0 unspecified atom stereocenters. The molecule has 0 aliphatic carbocycles. The van der Waals surface area contributed by atoms with E-state index in [1.807, 2.05) is 12.1 Å². The van der Waals surface area contributed by atoms with Crippen molar-refractivity contribution in [2.24, 2.45) is 0 Å². The van der Waals surface area contributed by atoms with Gasteiger partial charge < -0.3 is 20.3 Å². The van der Waals surface area contributed by atoms with Crippen molar-refractivity contribution in [2.75, 3.05) is 54.4 Å². The molecule has 35 heavy (non-hydrogen) atoms. The summed E-state index contributed by atoms with van der Waals surface area (Å²) in [5.74, 6) is 0.261. The number of rotatable bonds is 8. The maximum absolute atomic E-state index is 13.0. The largest absolute Gasteiger partial charge is 0.492 e. The molecule has 2 aromatic heterocycles. The summed E-state index contributed by atoms with van der Waals surface area (Å²) in [6.07, 6.45) is 3.38. The van der Waals surface area contributed by atoms with Crippen molar-refractivity contribution < 1.29 is 14.3 Å². The van der Waals surface area contributed by atoms with E-state index in [0.717, 1.165) is 49.7 Å². The maximum Gasteiger partial charge on any atom is 0.275 e. The van der Waals surface area contributed by atoms with E-state index in [1.165, 1.54) is 11.3 Å². The first-order valence-corrected chi connectivity index (χ1v) is 13.2. The standard InChI is InChI=1S/C23H24IN7O3S/c24-27-7-10-34-16-1-2-17-15(11-16)13-31(22(17)33)23-29-19(14-35-23)21(32)28-18-12-26-4-3-20(18)30-8-5-25-6-9-30/h1-4,11-12,14,25,27H,5-10,13H2,(H,28,32). The number of carbonyl (C=O) groups excluding carboxylic acids is 2. The Morgan fingerprint density at radius 1 is 1.26 bits per heavy atom. The molecule has 1 saturated heterocycles. The van der Waals surface area contributed by atoms with Gasteiger partial charge in [-0.1, -0.05) is 0 Å². The number of carbonyl (C=O) groups is 2. The third kappa shape index (κ3) is 5.24. The van der Waals surface area contributed by atoms with Crippen LogP contribution in [0.2, 0.25) is 0 Å². The van der Waals surface area contributed by atoms with Crippen LogP contribution in [0.25, 0.3) is 0 Å². The second-order valence-electron chi connectivity index (χ2n) is 8.04. The molecule has 2 amide bonds. The molecular weight excluding hydrogens is 581 g/mol. The number of thiazole rings is 1. The average Bonchev–Trinajstić information content (AvgIpc) is 3.50. The van der Waals surface area contributed by atoms with Gasteiger partial charge in [-0.2, -0.15) is 0 Å². The lowest BCUT2D eigenvalue weighted by Crippen LogP contribution is -2.43. The fourth-order valence-electron chi connectivity index (χ4n) is 4.09. The van der Waals surface area contributed by atoms with Crippen LogP contribution in [-0.4, -0.2) is 61.1 Å². The smallest absolute Gasteiger partial charge is 0.275 e. The molecular formula is C23H24IN7O3S. The molecule has 1 aromatic carbocycles. The first-order valence-electron chi connectivity index (χ1n) is 11.2. The Kier molecular flexibility index (Phi) is 7.41. The van der Waals surface area contributed by atoms with Crippen LogP contribution >= 0.6 is 34.2 Å². The number of nitrogens with one attached hydrogen (secondary N) is 3. The highest BCUT2D eigenvalue weighted by Crippen LogP contribution is 2.33. The molecule has 5 rings (SSSR count). The lowest BCUT2D eigenvalue weighted by molar-refractivity contribution is 0.0991. The van der Waals surface area contributed by atoms with E-state index in [0.29, 0.717) is 29.5 Å². The van der Waals surface area contributed by atoms with Crippen molar-refractivity contribution in [2.45, 2.75) is 6.54 Å². The van der Waals surface area contributed by atoms with Crippen molar-refractivity contribution in [1.29, 1.82) is 0 Å². The summed E-state index contributed by atoms with van der Waals surface area (Å²) in [6.45, 7) is 5.14. The van der Waals surface area contributed by atoms with Crippen LogP contribution in [0.3, 0.4) is 0 Å². The van der Waals surface area contributed by atoms with Gasteiger partial charge in [-0.15, -0.1) is 11.3 Å². The fourth-order valence-corrected chi connectivity index (χ4v) is 5.12. The van der Waals surface area contributed by atoms with Crippen molar-refractivity contribution in [3.8, 4) is 5.75 Å². The summed E-state index contributed by atoms with van der Waals surface area (Å²) in [4.78, 5) is 38.4. The van der Waals surface area contributed by atoms with Gasteiger partial charge in [-0.3, -0.25) is 23.0 Å². The Balaban J connectivity index is 1.28. The van der Waals surface area contributed by atoms with Gasteiger partial charge in [-0.25, -0.2) is 4.98 Å². The zero-order valence-corrected chi connectivity index (χ0v) is 21.8. The molecule has 182 valence electrons. The molecule has 3 aromatic rings. The molecule has 2 aliphatic rings. The average molecular weight is 605 g/mol. The summed E-state index contributed by atoms with van der Waals surface area (Å²) in [7, 11) is 0. The molecule has 10 nitrogen and oxygen atoms in total. The minimum atomic E-state index is -0.333. The maximum atomic E-state index is 13.0. The quantitative estimate of drug-likeness (QED) is 0.204. The van der Waals surface area contributed by atoms with E-state index in [9.17, 15) is 9.59 Å². The molecule has 0 saturated carbocycles. The zero-order valence-electron chi connectivity index (χ0n) is 18.8. The van der Waals surface area contributed by atoms with Crippen molar-refractivity contribution >= 4 is 62.5 Å². The van der Waals surface area contributed by atoms with Crippen LogP contribution < -0.4 is 28.7 Å². The number of aromatic nitrogens is 2. The number of nitrogens with zero attached hydrogens (tertiary/aromatic N) is 4. The third-order valence-electron chi connectivity index (χ3n) is 5.81. The normalized spacial score (nSPS) is 15.3. The van der Waals surface area contributed by atoms with Crippen LogP contribution in [0.5, 0.6) is 5.75 Å². The highest BCUT2D eigenvalue weighted by atomic mass is 127. The van der Waals surface area contributed by atoms with E-state index in [-0.39, 0.29) is 17.5 Å². The van der Waals surface area contributed by atoms with Crippen molar-refractivity contribution in [3.63, 3.8) is 0 Å². The highest BCUT2D eigenvalue weighted by Gasteiger charge is 2.31. The fraction of sp³-hybridized carbons (Fsp3) is 0.304. The number of amides is 2. The van der Waals surface area contributed by atoms with Gasteiger partial charge >= 0.3 is 0 Å². The SMILES string of the molecule is O=C(Nc1cnccc1N1CCNCC1)c1csc(N2Cc3cc(OCCNI)ccc3C2=O)n1. The van der Waals surface area contributed by atoms with Crippen LogP contribution in [0.15, 0.2) is 42.0 Å². The van der Waals surface area contributed by atoms with Gasteiger partial charge in [0.15, 0.2) is 5.13 Å². The number of hydrogen-bond donors (Lipinski definition) is 3. The summed E-state index contributed by atoms with van der Waals surface area (Å²) in [5, 5.41) is 8.43. The Labute approximate surface area is 220 Å². The third-order valence-corrected chi connectivity index (χ3v) is 7.21. The van der Waals surface area contributed by atoms with E-state index < -0.39 is 0 Å². The number of benzene rings is 1. The molecule has 0 radical (unpaired) electrons. The monoisotopic (exact) mass is 605 g/mol. The molecule has 2 aliphatic heterocycles. The number of piperazine rings is 1. The topological polar surface area (TPSA) is 112 Å². The van der Waals surface area contributed by atoms with E-state index in [4.69, 9.17) is 4.74 Å². The van der Waals surface area contributed by atoms with E-state index >= 15 is 0 Å². The lowest BCUT2D eigenvalue weighted by atomic mass is 10.1. The molecule has 0 spiro atoms.